The number of amides is 1. The number of rotatable bonds is 7. The van der Waals surface area contributed by atoms with Gasteiger partial charge in [-0.2, -0.15) is 5.10 Å². The zero-order valence-corrected chi connectivity index (χ0v) is 25.3. The van der Waals surface area contributed by atoms with Crippen LogP contribution in [-0.2, 0) is 14.6 Å². The van der Waals surface area contributed by atoms with Gasteiger partial charge in [-0.1, -0.05) is 31.0 Å². The molecule has 9 nitrogen and oxygen atoms in total. The fraction of sp³-hybridized carbons (Fsp3) is 0.206. The second kappa shape index (κ2) is 11.2. The highest BCUT2D eigenvalue weighted by atomic mass is 32.2. The van der Waals surface area contributed by atoms with Crippen molar-refractivity contribution in [1.29, 1.82) is 0 Å². The first-order valence-electron chi connectivity index (χ1n) is 14.8. The minimum absolute atomic E-state index is 0.0462. The lowest BCUT2D eigenvalue weighted by Crippen LogP contribution is -2.20. The molecule has 7 rings (SSSR count). The number of carbonyl (C=O) groups excluding carboxylic acids is 1. The number of aromatic amines is 2. The van der Waals surface area contributed by atoms with Crippen molar-refractivity contribution >= 4 is 43.2 Å². The van der Waals surface area contributed by atoms with Gasteiger partial charge in [0.2, 0.25) is 5.91 Å². The number of carbonyl (C=O) groups is 1. The molecule has 3 heterocycles. The predicted molar refractivity (Wildman–Crippen MR) is 174 cm³/mol. The molecular weight excluding hydrogens is 591 g/mol. The van der Waals surface area contributed by atoms with Crippen molar-refractivity contribution in [1.82, 2.24) is 20.2 Å². The lowest BCUT2D eigenvalue weighted by atomic mass is 9.99. The number of hydrogen-bond donors (Lipinski definition) is 4. The van der Waals surface area contributed by atoms with Crippen molar-refractivity contribution in [3.63, 3.8) is 0 Å². The van der Waals surface area contributed by atoms with Gasteiger partial charge in [0.15, 0.2) is 9.84 Å². The number of nitrogens with two attached hydrogens (primary N) is 1. The Morgan fingerprint density at radius 2 is 1.78 bits per heavy atom. The van der Waals surface area contributed by atoms with Crippen molar-refractivity contribution in [2.24, 2.45) is 11.7 Å². The Kier molecular flexibility index (Phi) is 7.22. The molecule has 1 unspecified atom stereocenters. The van der Waals surface area contributed by atoms with Crippen LogP contribution in [0.3, 0.4) is 0 Å². The van der Waals surface area contributed by atoms with Crippen LogP contribution in [0.2, 0.25) is 0 Å². The zero-order chi connectivity index (χ0) is 31.3. The zero-order valence-electron chi connectivity index (χ0n) is 24.5. The number of nitrogens with one attached hydrogen (secondary N) is 3. The van der Waals surface area contributed by atoms with E-state index in [1.807, 2.05) is 48.5 Å². The molecule has 0 spiro atoms. The standard InChI is InChI=1S/C34H31FN6O3S/c1-45(43,44)33(36)22-11-21(12-24(35)13-22)26-7-4-8-29-27(26)16-31(39-29)32-28-15-20(9-10-30(28)40-41-32)23-14-25(18-37-17-23)38-34(42)19-5-2-3-6-19/h4,7-19,33,39H,2-3,5-6,36H2,1H3,(H,38,42)(H,40,41). The highest BCUT2D eigenvalue weighted by Gasteiger charge is 2.23. The molecule has 228 valence electrons. The molecule has 1 amide bonds. The molecule has 11 heteroatoms. The van der Waals surface area contributed by atoms with Crippen LogP contribution in [0.5, 0.6) is 0 Å². The summed E-state index contributed by atoms with van der Waals surface area (Å²) in [4.78, 5) is 20.5. The monoisotopic (exact) mass is 622 g/mol. The second-order valence-electron chi connectivity index (χ2n) is 11.7. The van der Waals surface area contributed by atoms with Crippen molar-refractivity contribution in [3.05, 3.63) is 90.5 Å². The van der Waals surface area contributed by atoms with Crippen LogP contribution in [0.4, 0.5) is 10.1 Å². The number of H-pyrrole nitrogens is 2. The van der Waals surface area contributed by atoms with E-state index in [1.165, 1.54) is 6.07 Å². The normalized spacial score (nSPS) is 14.7. The van der Waals surface area contributed by atoms with Gasteiger partial charge >= 0.3 is 0 Å². The number of fused-ring (bicyclic) bond motifs is 2. The topological polar surface area (TPSA) is 147 Å². The van der Waals surface area contributed by atoms with E-state index in [0.717, 1.165) is 82.2 Å². The first-order valence-corrected chi connectivity index (χ1v) is 16.7. The molecule has 1 aliphatic carbocycles. The molecule has 1 aliphatic rings. The van der Waals surface area contributed by atoms with E-state index in [4.69, 9.17) is 5.73 Å². The van der Waals surface area contributed by atoms with Crippen molar-refractivity contribution in [2.75, 3.05) is 11.6 Å². The molecule has 0 aliphatic heterocycles. The molecule has 3 aromatic heterocycles. The Bertz CT molecular complexity index is 2200. The summed E-state index contributed by atoms with van der Waals surface area (Å²) in [6, 6.07) is 19.6. The van der Waals surface area contributed by atoms with Gasteiger partial charge in [0.25, 0.3) is 0 Å². The molecule has 6 aromatic rings. The van der Waals surface area contributed by atoms with Crippen LogP contribution in [0, 0.1) is 11.7 Å². The van der Waals surface area contributed by atoms with Crippen LogP contribution >= 0.6 is 0 Å². The smallest absolute Gasteiger partial charge is 0.227 e. The minimum atomic E-state index is -3.62. The Morgan fingerprint density at radius 1 is 0.956 bits per heavy atom. The summed E-state index contributed by atoms with van der Waals surface area (Å²) >= 11 is 0. The molecular formula is C34H31FN6O3S. The van der Waals surface area contributed by atoms with E-state index in [-0.39, 0.29) is 17.4 Å². The van der Waals surface area contributed by atoms with E-state index < -0.39 is 21.0 Å². The summed E-state index contributed by atoms with van der Waals surface area (Å²) in [5.74, 6) is -0.467. The molecule has 0 bridgehead atoms. The number of hydrogen-bond acceptors (Lipinski definition) is 6. The number of pyridine rings is 1. The van der Waals surface area contributed by atoms with Gasteiger partial charge in [0.1, 0.15) is 16.9 Å². The SMILES string of the molecule is CS(=O)(=O)C(N)c1cc(F)cc(-c2cccc3[nH]c(-c4n[nH]c5ccc(-c6cncc(NC(=O)C7CCCC7)c6)cc45)cc23)c1. The maximum atomic E-state index is 14.7. The lowest BCUT2D eigenvalue weighted by molar-refractivity contribution is -0.119. The fourth-order valence-corrected chi connectivity index (χ4v) is 6.84. The van der Waals surface area contributed by atoms with E-state index in [2.05, 4.69) is 25.5 Å². The Morgan fingerprint density at radius 3 is 2.58 bits per heavy atom. The summed E-state index contributed by atoms with van der Waals surface area (Å²) in [6.45, 7) is 0. The molecule has 5 N–H and O–H groups in total. The van der Waals surface area contributed by atoms with E-state index >= 15 is 0 Å². The molecule has 45 heavy (non-hydrogen) atoms. The summed E-state index contributed by atoms with van der Waals surface area (Å²) in [7, 11) is -3.62. The average Bonchev–Trinajstić information content (AvgIpc) is 3.79. The van der Waals surface area contributed by atoms with Crippen molar-refractivity contribution in [2.45, 2.75) is 31.1 Å². The molecule has 1 saturated carbocycles. The van der Waals surface area contributed by atoms with Gasteiger partial charge in [-0.05, 0) is 83.6 Å². The van der Waals surface area contributed by atoms with E-state index in [1.54, 1.807) is 18.5 Å². The predicted octanol–water partition coefficient (Wildman–Crippen LogP) is 6.71. The Balaban J connectivity index is 1.25. The number of sulfone groups is 1. The first kappa shape index (κ1) is 28.9. The van der Waals surface area contributed by atoms with Crippen molar-refractivity contribution < 1.29 is 17.6 Å². The maximum absolute atomic E-state index is 14.7. The number of aromatic nitrogens is 4. The summed E-state index contributed by atoms with van der Waals surface area (Å²) in [5.41, 5.74) is 12.9. The number of halogens is 1. The number of nitrogens with zero attached hydrogens (tertiary/aromatic N) is 2. The van der Waals surface area contributed by atoms with Crippen molar-refractivity contribution in [3.8, 4) is 33.6 Å². The average molecular weight is 623 g/mol. The molecule has 0 radical (unpaired) electrons. The van der Waals surface area contributed by atoms with E-state index in [0.29, 0.717) is 16.9 Å². The number of anilines is 1. The number of benzene rings is 3. The third kappa shape index (κ3) is 5.60. The first-order chi connectivity index (χ1) is 21.6. The quantitative estimate of drug-likeness (QED) is 0.156. The summed E-state index contributed by atoms with van der Waals surface area (Å²) in [5, 5.41) is 11.1. The van der Waals surface area contributed by atoms with Crippen LogP contribution in [0.25, 0.3) is 55.4 Å². The van der Waals surface area contributed by atoms with Crippen LogP contribution < -0.4 is 11.1 Å². The third-order valence-electron chi connectivity index (χ3n) is 8.57. The Hall–Kier alpha value is -4.87. The summed E-state index contributed by atoms with van der Waals surface area (Å²) in [6.07, 6.45) is 8.49. The molecule has 3 aromatic carbocycles. The highest BCUT2D eigenvalue weighted by molar-refractivity contribution is 7.90. The molecule has 1 atom stereocenters. The van der Waals surface area contributed by atoms with Crippen LogP contribution in [0.15, 0.2) is 79.1 Å². The van der Waals surface area contributed by atoms with Crippen LogP contribution in [0.1, 0.15) is 36.6 Å². The fourth-order valence-electron chi connectivity index (χ4n) is 6.21. The molecule has 1 fully saturated rings. The Labute approximate surface area is 259 Å². The van der Waals surface area contributed by atoms with Gasteiger partial charge in [0, 0.05) is 40.2 Å². The van der Waals surface area contributed by atoms with Gasteiger partial charge in [-0.25, -0.2) is 12.8 Å². The summed E-state index contributed by atoms with van der Waals surface area (Å²) < 4.78 is 38.9. The van der Waals surface area contributed by atoms with Gasteiger partial charge < -0.3 is 16.0 Å². The van der Waals surface area contributed by atoms with Gasteiger partial charge in [-0.15, -0.1) is 0 Å². The molecule has 0 saturated heterocycles. The largest absolute Gasteiger partial charge is 0.353 e. The second-order valence-corrected chi connectivity index (χ2v) is 13.9. The van der Waals surface area contributed by atoms with E-state index in [9.17, 15) is 17.6 Å². The van der Waals surface area contributed by atoms with Gasteiger partial charge in [-0.3, -0.25) is 14.9 Å². The minimum Gasteiger partial charge on any atom is -0.353 e. The lowest BCUT2D eigenvalue weighted by Gasteiger charge is -2.12. The van der Waals surface area contributed by atoms with Gasteiger partial charge in [0.05, 0.1) is 23.1 Å². The third-order valence-corrected chi connectivity index (χ3v) is 9.76. The highest BCUT2D eigenvalue weighted by Crippen LogP contribution is 2.37. The van der Waals surface area contributed by atoms with Crippen LogP contribution in [-0.4, -0.2) is 40.7 Å². The maximum Gasteiger partial charge on any atom is 0.227 e.